The SMILES string of the molecule is NC1(N)CC2CCC1C2. The monoisotopic (exact) mass is 126 g/mol. The van der Waals surface area contributed by atoms with E-state index < -0.39 is 0 Å². The number of nitrogens with two attached hydrogens (primary N) is 2. The molecule has 2 rings (SSSR count). The van der Waals surface area contributed by atoms with Crippen molar-refractivity contribution in [3.8, 4) is 0 Å². The van der Waals surface area contributed by atoms with Crippen molar-refractivity contribution in [2.75, 3.05) is 0 Å². The van der Waals surface area contributed by atoms with Crippen LogP contribution in [-0.2, 0) is 0 Å². The summed E-state index contributed by atoms with van der Waals surface area (Å²) in [5.74, 6) is 1.51. The number of hydrogen-bond acceptors (Lipinski definition) is 2. The summed E-state index contributed by atoms with van der Waals surface area (Å²) < 4.78 is 0. The third-order valence-corrected chi connectivity index (χ3v) is 2.94. The van der Waals surface area contributed by atoms with Gasteiger partial charge in [0.2, 0.25) is 0 Å². The lowest BCUT2D eigenvalue weighted by molar-refractivity contribution is 0.280. The first-order valence-corrected chi connectivity index (χ1v) is 3.76. The molecule has 0 spiro atoms. The molecule has 0 amide bonds. The second-order valence-corrected chi connectivity index (χ2v) is 3.69. The second kappa shape index (κ2) is 1.50. The summed E-state index contributed by atoms with van der Waals surface area (Å²) >= 11 is 0. The summed E-state index contributed by atoms with van der Waals surface area (Å²) in [4.78, 5) is 0. The Labute approximate surface area is 55.6 Å². The van der Waals surface area contributed by atoms with Crippen LogP contribution in [0.2, 0.25) is 0 Å². The van der Waals surface area contributed by atoms with Crippen molar-refractivity contribution in [3.63, 3.8) is 0 Å². The van der Waals surface area contributed by atoms with Gasteiger partial charge in [-0.3, -0.25) is 0 Å². The number of rotatable bonds is 0. The van der Waals surface area contributed by atoms with Gasteiger partial charge >= 0.3 is 0 Å². The van der Waals surface area contributed by atoms with Gasteiger partial charge in [0.05, 0.1) is 5.66 Å². The van der Waals surface area contributed by atoms with E-state index in [1.807, 2.05) is 0 Å². The minimum Gasteiger partial charge on any atom is -0.313 e. The number of fused-ring (bicyclic) bond motifs is 2. The topological polar surface area (TPSA) is 52.0 Å². The molecule has 0 saturated heterocycles. The minimum atomic E-state index is -0.289. The Morgan fingerprint density at radius 2 is 2.00 bits per heavy atom. The first-order valence-electron chi connectivity index (χ1n) is 3.76. The van der Waals surface area contributed by atoms with E-state index in [9.17, 15) is 0 Å². The highest BCUT2D eigenvalue weighted by molar-refractivity contribution is 5.00. The van der Waals surface area contributed by atoms with Crippen molar-refractivity contribution in [2.24, 2.45) is 23.3 Å². The zero-order valence-corrected chi connectivity index (χ0v) is 5.64. The first-order chi connectivity index (χ1) is 4.18. The Kier molecular flexibility index (Phi) is 0.945. The molecule has 0 aromatic rings. The van der Waals surface area contributed by atoms with Crippen LogP contribution < -0.4 is 11.5 Å². The van der Waals surface area contributed by atoms with E-state index >= 15 is 0 Å². The molecule has 52 valence electrons. The third-order valence-electron chi connectivity index (χ3n) is 2.94. The van der Waals surface area contributed by atoms with Gasteiger partial charge in [0.1, 0.15) is 0 Å². The largest absolute Gasteiger partial charge is 0.313 e. The Hall–Kier alpha value is -0.0800. The lowest BCUT2D eigenvalue weighted by Gasteiger charge is -2.28. The molecule has 9 heavy (non-hydrogen) atoms. The van der Waals surface area contributed by atoms with Crippen LogP contribution in [0, 0.1) is 11.8 Å². The van der Waals surface area contributed by atoms with Gasteiger partial charge in [0, 0.05) is 0 Å². The molecule has 0 aliphatic heterocycles. The van der Waals surface area contributed by atoms with Crippen molar-refractivity contribution in [3.05, 3.63) is 0 Å². The van der Waals surface area contributed by atoms with Crippen LogP contribution in [-0.4, -0.2) is 5.66 Å². The van der Waals surface area contributed by atoms with Gasteiger partial charge in [-0.2, -0.15) is 0 Å². The van der Waals surface area contributed by atoms with Crippen LogP contribution in [0.1, 0.15) is 25.7 Å². The fourth-order valence-electron chi connectivity index (χ4n) is 2.42. The van der Waals surface area contributed by atoms with Crippen LogP contribution in [0.25, 0.3) is 0 Å². The fraction of sp³-hybridized carbons (Fsp3) is 1.00. The van der Waals surface area contributed by atoms with E-state index in [1.165, 1.54) is 19.3 Å². The van der Waals surface area contributed by atoms with E-state index in [0.717, 1.165) is 12.3 Å². The van der Waals surface area contributed by atoms with E-state index in [0.29, 0.717) is 5.92 Å². The van der Waals surface area contributed by atoms with Gasteiger partial charge in [0.15, 0.2) is 0 Å². The lowest BCUT2D eigenvalue weighted by Crippen LogP contribution is -2.53. The normalized spacial score (nSPS) is 46.0. The molecule has 2 unspecified atom stereocenters. The van der Waals surface area contributed by atoms with Crippen LogP contribution in [0.5, 0.6) is 0 Å². The molecule has 0 aromatic carbocycles. The summed E-state index contributed by atoms with van der Waals surface area (Å²) in [7, 11) is 0. The van der Waals surface area contributed by atoms with E-state index in [1.54, 1.807) is 0 Å². The molecule has 0 radical (unpaired) electrons. The molecular formula is C7H14N2. The maximum absolute atomic E-state index is 5.84. The Morgan fingerprint density at radius 3 is 2.22 bits per heavy atom. The minimum absolute atomic E-state index is 0.289. The third kappa shape index (κ3) is 0.700. The van der Waals surface area contributed by atoms with Crippen LogP contribution in [0.15, 0.2) is 0 Å². The van der Waals surface area contributed by atoms with E-state index in [4.69, 9.17) is 11.5 Å². The fourth-order valence-corrected chi connectivity index (χ4v) is 2.42. The molecule has 4 N–H and O–H groups in total. The Balaban J connectivity index is 2.18. The smallest absolute Gasteiger partial charge is 0.0668 e. The summed E-state index contributed by atoms with van der Waals surface area (Å²) in [5.41, 5.74) is 11.4. The zero-order chi connectivity index (χ0) is 6.48. The van der Waals surface area contributed by atoms with Gasteiger partial charge in [-0.25, -0.2) is 0 Å². The molecule has 0 aromatic heterocycles. The van der Waals surface area contributed by atoms with Gasteiger partial charge in [-0.15, -0.1) is 0 Å². The highest BCUT2D eigenvalue weighted by Crippen LogP contribution is 2.46. The van der Waals surface area contributed by atoms with Crippen molar-refractivity contribution < 1.29 is 0 Å². The molecule has 2 fully saturated rings. The van der Waals surface area contributed by atoms with Gasteiger partial charge in [-0.1, -0.05) is 0 Å². The molecule has 0 heterocycles. The summed E-state index contributed by atoms with van der Waals surface area (Å²) in [6.45, 7) is 0. The zero-order valence-electron chi connectivity index (χ0n) is 5.64. The molecule has 2 heteroatoms. The average molecular weight is 126 g/mol. The summed E-state index contributed by atoms with van der Waals surface area (Å²) in [6.07, 6.45) is 5.02. The maximum atomic E-state index is 5.84. The molecule has 2 bridgehead atoms. The molecule has 2 atom stereocenters. The molecule has 2 aliphatic carbocycles. The van der Waals surface area contributed by atoms with Crippen LogP contribution in [0.4, 0.5) is 0 Å². The predicted molar refractivity (Wildman–Crippen MR) is 36.6 cm³/mol. The Bertz CT molecular complexity index is 131. The maximum Gasteiger partial charge on any atom is 0.0668 e. The molecule has 2 saturated carbocycles. The van der Waals surface area contributed by atoms with Gasteiger partial charge in [-0.05, 0) is 37.5 Å². The van der Waals surface area contributed by atoms with E-state index in [-0.39, 0.29) is 5.66 Å². The highest BCUT2D eigenvalue weighted by atomic mass is 15.0. The van der Waals surface area contributed by atoms with Crippen molar-refractivity contribution in [2.45, 2.75) is 31.3 Å². The predicted octanol–water partition coefficient (Wildman–Crippen LogP) is 0.420. The molecule has 2 nitrogen and oxygen atoms in total. The quantitative estimate of drug-likeness (QED) is 0.462. The van der Waals surface area contributed by atoms with Gasteiger partial charge < -0.3 is 11.5 Å². The molecule has 2 aliphatic rings. The first kappa shape index (κ1) is 5.69. The molecular weight excluding hydrogens is 112 g/mol. The van der Waals surface area contributed by atoms with E-state index in [2.05, 4.69) is 0 Å². The van der Waals surface area contributed by atoms with Crippen molar-refractivity contribution in [1.82, 2.24) is 0 Å². The highest BCUT2D eigenvalue weighted by Gasteiger charge is 2.45. The second-order valence-electron chi connectivity index (χ2n) is 3.69. The summed E-state index contributed by atoms with van der Waals surface area (Å²) in [5, 5.41) is 0. The average Bonchev–Trinajstić information content (AvgIpc) is 2.19. The van der Waals surface area contributed by atoms with Gasteiger partial charge in [0.25, 0.3) is 0 Å². The van der Waals surface area contributed by atoms with Crippen molar-refractivity contribution in [1.29, 1.82) is 0 Å². The Morgan fingerprint density at radius 1 is 1.22 bits per heavy atom. The van der Waals surface area contributed by atoms with Crippen LogP contribution >= 0.6 is 0 Å². The standard InChI is InChI=1S/C7H14N2/c8-7(9)4-5-1-2-6(7)3-5/h5-6H,1-4,8-9H2. The number of hydrogen-bond donors (Lipinski definition) is 2. The summed E-state index contributed by atoms with van der Waals surface area (Å²) in [6, 6.07) is 0. The lowest BCUT2D eigenvalue weighted by atomic mass is 9.90. The van der Waals surface area contributed by atoms with Crippen LogP contribution in [0.3, 0.4) is 0 Å². The van der Waals surface area contributed by atoms with Crippen molar-refractivity contribution >= 4 is 0 Å².